The van der Waals surface area contributed by atoms with E-state index in [-0.39, 0.29) is 11.9 Å². The molecule has 1 fully saturated rings. The second kappa shape index (κ2) is 6.71. The molecule has 1 saturated carbocycles. The molecule has 5 nitrogen and oxygen atoms in total. The summed E-state index contributed by atoms with van der Waals surface area (Å²) in [6, 6.07) is 8.30. The number of carbonyl (C=O) groups is 1. The lowest BCUT2D eigenvalue weighted by Crippen LogP contribution is -2.37. The number of aromatic nitrogens is 2. The van der Waals surface area contributed by atoms with Crippen LogP contribution in [0.4, 0.5) is 0 Å². The minimum atomic E-state index is -0.111. The predicted octanol–water partition coefficient (Wildman–Crippen LogP) is 2.79. The number of nitrogens with zero attached hydrogens (tertiary/aromatic N) is 2. The van der Waals surface area contributed by atoms with Gasteiger partial charge in [-0.05, 0) is 58.2 Å². The van der Waals surface area contributed by atoms with Gasteiger partial charge in [-0.2, -0.15) is 0 Å². The Morgan fingerprint density at radius 1 is 1.30 bits per heavy atom. The monoisotopic (exact) mass is 314 g/mol. The molecule has 0 bridgehead atoms. The Hall–Kier alpha value is -1.88. The lowest BCUT2D eigenvalue weighted by Gasteiger charge is -2.19. The maximum atomic E-state index is 12.1. The van der Waals surface area contributed by atoms with Crippen molar-refractivity contribution >= 4 is 16.9 Å². The number of amides is 1. The Morgan fingerprint density at radius 2 is 2.04 bits per heavy atom. The molecule has 2 N–H and O–H groups in total. The van der Waals surface area contributed by atoms with Crippen molar-refractivity contribution in [2.75, 3.05) is 13.1 Å². The van der Waals surface area contributed by atoms with E-state index < -0.39 is 0 Å². The Labute approximate surface area is 137 Å². The maximum Gasteiger partial charge on any atom is 0.234 e. The molecule has 1 aromatic carbocycles. The van der Waals surface area contributed by atoms with Crippen molar-refractivity contribution in [1.82, 2.24) is 20.2 Å². The maximum absolute atomic E-state index is 12.1. The van der Waals surface area contributed by atoms with E-state index in [9.17, 15) is 4.79 Å². The summed E-state index contributed by atoms with van der Waals surface area (Å²) in [4.78, 5) is 16.8. The predicted molar refractivity (Wildman–Crippen MR) is 92.3 cm³/mol. The molecule has 124 valence electrons. The molecule has 3 rings (SSSR count). The lowest BCUT2D eigenvalue weighted by atomic mass is 10.2. The smallest absolute Gasteiger partial charge is 0.234 e. The van der Waals surface area contributed by atoms with Gasteiger partial charge in [0.05, 0.1) is 23.6 Å². The fourth-order valence-corrected chi connectivity index (χ4v) is 2.98. The van der Waals surface area contributed by atoms with E-state index in [4.69, 9.17) is 4.98 Å². The van der Waals surface area contributed by atoms with Crippen molar-refractivity contribution in [1.29, 1.82) is 0 Å². The first kappa shape index (κ1) is 16.0. The summed E-state index contributed by atoms with van der Waals surface area (Å²) in [5, 5.41) is 6.29. The number of hydrogen-bond donors (Lipinski definition) is 2. The average molecular weight is 314 g/mol. The summed E-state index contributed by atoms with van der Waals surface area (Å²) in [5.74, 6) is 1.72. The zero-order valence-corrected chi connectivity index (χ0v) is 14.2. The SMILES string of the molecule is CC(NC(=O)CNCC1CC1)c1nc2ccccc2n1C(C)C. The number of nitrogens with one attached hydrogen (secondary N) is 2. The third kappa shape index (κ3) is 3.72. The normalized spacial score (nSPS) is 16.0. The Morgan fingerprint density at radius 3 is 2.74 bits per heavy atom. The van der Waals surface area contributed by atoms with Gasteiger partial charge in [0.25, 0.3) is 0 Å². The minimum Gasteiger partial charge on any atom is -0.345 e. The van der Waals surface area contributed by atoms with Gasteiger partial charge in [0, 0.05) is 6.04 Å². The van der Waals surface area contributed by atoms with Gasteiger partial charge in [0.1, 0.15) is 5.82 Å². The van der Waals surface area contributed by atoms with Crippen LogP contribution < -0.4 is 10.6 Å². The van der Waals surface area contributed by atoms with Gasteiger partial charge < -0.3 is 15.2 Å². The van der Waals surface area contributed by atoms with Crippen molar-refractivity contribution in [3.05, 3.63) is 30.1 Å². The number of hydrogen-bond acceptors (Lipinski definition) is 3. The largest absolute Gasteiger partial charge is 0.345 e. The summed E-state index contributed by atoms with van der Waals surface area (Å²) < 4.78 is 2.21. The van der Waals surface area contributed by atoms with E-state index in [1.807, 2.05) is 25.1 Å². The van der Waals surface area contributed by atoms with Crippen LogP contribution in [0.3, 0.4) is 0 Å². The van der Waals surface area contributed by atoms with Crippen molar-refractivity contribution in [3.63, 3.8) is 0 Å². The fraction of sp³-hybridized carbons (Fsp3) is 0.556. The second-order valence-electron chi connectivity index (χ2n) is 6.79. The number of rotatable bonds is 7. The number of carbonyl (C=O) groups excluding carboxylic acids is 1. The first-order valence-corrected chi connectivity index (χ1v) is 8.53. The zero-order chi connectivity index (χ0) is 16.4. The van der Waals surface area contributed by atoms with Crippen LogP contribution in [0.2, 0.25) is 0 Å². The van der Waals surface area contributed by atoms with Crippen molar-refractivity contribution < 1.29 is 4.79 Å². The van der Waals surface area contributed by atoms with Crippen LogP contribution in [-0.2, 0) is 4.79 Å². The molecule has 0 radical (unpaired) electrons. The third-order valence-electron chi connectivity index (χ3n) is 4.32. The molecule has 2 aromatic rings. The molecule has 23 heavy (non-hydrogen) atoms. The molecular formula is C18H26N4O. The van der Waals surface area contributed by atoms with Crippen molar-refractivity contribution in [2.45, 2.75) is 45.7 Å². The van der Waals surface area contributed by atoms with Gasteiger partial charge in [0.2, 0.25) is 5.91 Å². The number of benzene rings is 1. The van der Waals surface area contributed by atoms with Crippen LogP contribution in [0, 0.1) is 5.92 Å². The van der Waals surface area contributed by atoms with Gasteiger partial charge in [0.15, 0.2) is 0 Å². The van der Waals surface area contributed by atoms with E-state index in [1.165, 1.54) is 12.8 Å². The summed E-state index contributed by atoms with van der Waals surface area (Å²) >= 11 is 0. The highest BCUT2D eigenvalue weighted by Crippen LogP contribution is 2.27. The molecule has 0 aliphatic heterocycles. The molecule has 1 aliphatic rings. The second-order valence-corrected chi connectivity index (χ2v) is 6.79. The summed E-state index contributed by atoms with van der Waals surface area (Å²) in [6.45, 7) is 7.61. The first-order valence-electron chi connectivity index (χ1n) is 8.53. The van der Waals surface area contributed by atoms with Crippen LogP contribution in [0.15, 0.2) is 24.3 Å². The number of para-hydroxylation sites is 2. The van der Waals surface area contributed by atoms with Crippen LogP contribution in [-0.4, -0.2) is 28.5 Å². The molecule has 0 saturated heterocycles. The highest BCUT2D eigenvalue weighted by atomic mass is 16.2. The van der Waals surface area contributed by atoms with Gasteiger partial charge in [-0.15, -0.1) is 0 Å². The zero-order valence-electron chi connectivity index (χ0n) is 14.2. The van der Waals surface area contributed by atoms with E-state index in [1.54, 1.807) is 0 Å². The molecular weight excluding hydrogens is 288 g/mol. The summed E-state index contributed by atoms with van der Waals surface area (Å²) in [6.07, 6.45) is 2.59. The number of imidazole rings is 1. The van der Waals surface area contributed by atoms with Crippen molar-refractivity contribution in [2.24, 2.45) is 5.92 Å². The van der Waals surface area contributed by atoms with Gasteiger partial charge in [-0.1, -0.05) is 12.1 Å². The Balaban J connectivity index is 1.70. The highest BCUT2D eigenvalue weighted by molar-refractivity contribution is 5.79. The molecule has 1 amide bonds. The Kier molecular flexibility index (Phi) is 4.66. The molecule has 5 heteroatoms. The lowest BCUT2D eigenvalue weighted by molar-refractivity contribution is -0.120. The molecule has 1 aromatic heterocycles. The van der Waals surface area contributed by atoms with E-state index in [2.05, 4.69) is 35.1 Å². The topological polar surface area (TPSA) is 59.0 Å². The minimum absolute atomic E-state index is 0.0283. The van der Waals surface area contributed by atoms with E-state index in [0.717, 1.165) is 29.3 Å². The van der Waals surface area contributed by atoms with Gasteiger partial charge in [-0.25, -0.2) is 4.98 Å². The fourth-order valence-electron chi connectivity index (χ4n) is 2.98. The Bertz CT molecular complexity index is 687. The van der Waals surface area contributed by atoms with Gasteiger partial charge in [-0.3, -0.25) is 4.79 Å². The average Bonchev–Trinajstić information content (AvgIpc) is 3.24. The molecule has 0 spiro atoms. The van der Waals surface area contributed by atoms with E-state index in [0.29, 0.717) is 12.6 Å². The third-order valence-corrected chi connectivity index (χ3v) is 4.32. The van der Waals surface area contributed by atoms with Crippen molar-refractivity contribution in [3.8, 4) is 0 Å². The van der Waals surface area contributed by atoms with E-state index >= 15 is 0 Å². The highest BCUT2D eigenvalue weighted by Gasteiger charge is 2.22. The molecule has 1 heterocycles. The molecule has 1 aliphatic carbocycles. The standard InChI is InChI=1S/C18H26N4O/c1-12(2)22-16-7-5-4-6-15(16)21-18(22)13(3)20-17(23)11-19-10-14-8-9-14/h4-7,12-14,19H,8-11H2,1-3H3,(H,20,23). The van der Waals surface area contributed by atoms with Crippen LogP contribution in [0.1, 0.15) is 51.5 Å². The van der Waals surface area contributed by atoms with Crippen LogP contribution in [0.5, 0.6) is 0 Å². The quantitative estimate of drug-likeness (QED) is 0.826. The van der Waals surface area contributed by atoms with Crippen LogP contribution >= 0.6 is 0 Å². The number of fused-ring (bicyclic) bond motifs is 1. The van der Waals surface area contributed by atoms with Gasteiger partial charge >= 0.3 is 0 Å². The summed E-state index contributed by atoms with van der Waals surface area (Å²) in [5.41, 5.74) is 2.09. The first-order chi connectivity index (χ1) is 11.1. The molecule has 1 atom stereocenters. The molecule has 1 unspecified atom stereocenters. The van der Waals surface area contributed by atoms with Crippen LogP contribution in [0.25, 0.3) is 11.0 Å². The summed E-state index contributed by atoms with van der Waals surface area (Å²) in [7, 11) is 0.